The molecule has 2 aliphatic rings. The van der Waals surface area contributed by atoms with Gasteiger partial charge in [0.1, 0.15) is 5.82 Å². The number of nitrogens with zero attached hydrogens (tertiary/aromatic N) is 4. The molecule has 0 atom stereocenters. The van der Waals surface area contributed by atoms with Gasteiger partial charge in [-0.2, -0.15) is 5.10 Å². The predicted molar refractivity (Wildman–Crippen MR) is 104 cm³/mol. The van der Waals surface area contributed by atoms with Crippen molar-refractivity contribution in [3.63, 3.8) is 0 Å². The number of carbonyl (C=O) groups excluding carboxylic acids is 1. The fraction of sp³-hybridized carbons (Fsp3) is 0.524. The molecule has 1 aromatic heterocycles. The van der Waals surface area contributed by atoms with Crippen LogP contribution in [0.5, 0.6) is 0 Å². The van der Waals surface area contributed by atoms with Crippen molar-refractivity contribution in [3.05, 3.63) is 53.6 Å². The molecular formula is C21H27FN4O2. The molecule has 0 N–H and O–H groups in total. The normalized spacial score (nSPS) is 19.9. The van der Waals surface area contributed by atoms with Crippen molar-refractivity contribution in [2.24, 2.45) is 0 Å². The summed E-state index contributed by atoms with van der Waals surface area (Å²) in [6.45, 7) is 7.24. The van der Waals surface area contributed by atoms with Crippen LogP contribution in [0.3, 0.4) is 0 Å². The first kappa shape index (κ1) is 19.1. The van der Waals surface area contributed by atoms with Gasteiger partial charge in [-0.25, -0.2) is 4.39 Å². The van der Waals surface area contributed by atoms with Crippen LogP contribution in [0.2, 0.25) is 0 Å². The summed E-state index contributed by atoms with van der Waals surface area (Å²) in [5, 5.41) is 4.43. The SMILES string of the molecule is Cc1ccn(CCN2CCC3(CC2)CN(C(=O)c2ccccc2F)CCO3)n1. The molecule has 0 aliphatic carbocycles. The van der Waals surface area contributed by atoms with Crippen molar-refractivity contribution < 1.29 is 13.9 Å². The van der Waals surface area contributed by atoms with Crippen LogP contribution >= 0.6 is 0 Å². The van der Waals surface area contributed by atoms with Gasteiger partial charge in [-0.15, -0.1) is 0 Å². The lowest BCUT2D eigenvalue weighted by Crippen LogP contribution is -2.58. The van der Waals surface area contributed by atoms with Crippen LogP contribution in [-0.2, 0) is 11.3 Å². The summed E-state index contributed by atoms with van der Waals surface area (Å²) in [4.78, 5) is 17.0. The number of rotatable bonds is 4. The Hall–Kier alpha value is -2.25. The number of hydrogen-bond acceptors (Lipinski definition) is 4. The molecule has 4 rings (SSSR count). The third kappa shape index (κ3) is 4.10. The minimum Gasteiger partial charge on any atom is -0.371 e. The van der Waals surface area contributed by atoms with E-state index in [0.717, 1.165) is 44.7 Å². The first-order chi connectivity index (χ1) is 13.5. The number of likely N-dealkylation sites (tertiary alicyclic amines) is 1. The second kappa shape index (κ2) is 8.01. The van der Waals surface area contributed by atoms with E-state index in [-0.39, 0.29) is 17.1 Å². The lowest BCUT2D eigenvalue weighted by molar-refractivity contribution is -0.127. The molecule has 3 heterocycles. The molecule has 7 heteroatoms. The molecule has 150 valence electrons. The fourth-order valence-electron chi connectivity index (χ4n) is 4.14. The zero-order valence-corrected chi connectivity index (χ0v) is 16.3. The van der Waals surface area contributed by atoms with Crippen molar-refractivity contribution in [1.82, 2.24) is 19.6 Å². The number of benzene rings is 1. The number of hydrogen-bond donors (Lipinski definition) is 0. The van der Waals surface area contributed by atoms with Gasteiger partial charge in [-0.3, -0.25) is 9.48 Å². The van der Waals surface area contributed by atoms with Crippen LogP contribution in [-0.4, -0.2) is 70.4 Å². The Morgan fingerprint density at radius 2 is 1.96 bits per heavy atom. The van der Waals surface area contributed by atoms with Crippen molar-refractivity contribution in [3.8, 4) is 0 Å². The van der Waals surface area contributed by atoms with Crippen molar-refractivity contribution in [2.45, 2.75) is 31.9 Å². The Bertz CT molecular complexity index is 829. The number of amides is 1. The van der Waals surface area contributed by atoms with Gasteiger partial charge in [0.15, 0.2) is 0 Å². The quantitative estimate of drug-likeness (QED) is 0.809. The first-order valence-electron chi connectivity index (χ1n) is 9.95. The zero-order valence-electron chi connectivity index (χ0n) is 16.3. The average Bonchev–Trinajstić information content (AvgIpc) is 3.13. The fourth-order valence-corrected chi connectivity index (χ4v) is 4.14. The molecule has 2 aromatic rings. The van der Waals surface area contributed by atoms with Gasteiger partial charge >= 0.3 is 0 Å². The van der Waals surface area contributed by atoms with Gasteiger partial charge in [-0.1, -0.05) is 12.1 Å². The van der Waals surface area contributed by atoms with Crippen LogP contribution in [0.25, 0.3) is 0 Å². The molecule has 28 heavy (non-hydrogen) atoms. The van der Waals surface area contributed by atoms with E-state index < -0.39 is 5.82 Å². The number of piperidine rings is 1. The van der Waals surface area contributed by atoms with Gasteiger partial charge in [0, 0.05) is 32.4 Å². The third-order valence-electron chi connectivity index (χ3n) is 5.83. The number of carbonyl (C=O) groups is 1. The van der Waals surface area contributed by atoms with E-state index in [1.165, 1.54) is 6.07 Å². The summed E-state index contributed by atoms with van der Waals surface area (Å²) in [6, 6.07) is 8.21. The Morgan fingerprint density at radius 1 is 1.18 bits per heavy atom. The Balaban J connectivity index is 1.33. The lowest BCUT2D eigenvalue weighted by atomic mass is 9.89. The summed E-state index contributed by atoms with van der Waals surface area (Å²) < 4.78 is 22.1. The molecule has 1 amide bonds. The van der Waals surface area contributed by atoms with Gasteiger partial charge in [0.2, 0.25) is 0 Å². The highest BCUT2D eigenvalue weighted by atomic mass is 19.1. The third-order valence-corrected chi connectivity index (χ3v) is 5.83. The maximum absolute atomic E-state index is 14.0. The maximum atomic E-state index is 14.0. The van der Waals surface area contributed by atoms with Crippen LogP contribution in [0.15, 0.2) is 36.5 Å². The smallest absolute Gasteiger partial charge is 0.257 e. The molecule has 6 nitrogen and oxygen atoms in total. The molecule has 2 fully saturated rings. The number of ether oxygens (including phenoxy) is 1. The Morgan fingerprint density at radius 3 is 2.68 bits per heavy atom. The molecule has 0 bridgehead atoms. The summed E-state index contributed by atoms with van der Waals surface area (Å²) in [7, 11) is 0. The summed E-state index contributed by atoms with van der Waals surface area (Å²) in [5.74, 6) is -0.700. The largest absolute Gasteiger partial charge is 0.371 e. The maximum Gasteiger partial charge on any atom is 0.257 e. The molecular weight excluding hydrogens is 359 g/mol. The summed E-state index contributed by atoms with van der Waals surface area (Å²) in [5.41, 5.74) is 0.872. The minimum atomic E-state index is -0.461. The summed E-state index contributed by atoms with van der Waals surface area (Å²) in [6.07, 6.45) is 3.77. The number of aromatic nitrogens is 2. The minimum absolute atomic E-state index is 0.145. The second-order valence-corrected chi connectivity index (χ2v) is 7.80. The van der Waals surface area contributed by atoms with E-state index >= 15 is 0 Å². The average molecular weight is 386 g/mol. The van der Waals surface area contributed by atoms with E-state index in [0.29, 0.717) is 19.7 Å². The van der Waals surface area contributed by atoms with E-state index in [4.69, 9.17) is 4.74 Å². The van der Waals surface area contributed by atoms with Crippen molar-refractivity contribution >= 4 is 5.91 Å². The van der Waals surface area contributed by atoms with Crippen LogP contribution in [0, 0.1) is 12.7 Å². The molecule has 0 radical (unpaired) electrons. The van der Waals surface area contributed by atoms with Crippen LogP contribution in [0.1, 0.15) is 28.9 Å². The number of morpholine rings is 1. The van der Waals surface area contributed by atoms with E-state index in [2.05, 4.69) is 10.00 Å². The molecule has 1 spiro atoms. The number of halogens is 1. The van der Waals surface area contributed by atoms with Crippen LogP contribution in [0.4, 0.5) is 4.39 Å². The first-order valence-corrected chi connectivity index (χ1v) is 9.95. The second-order valence-electron chi connectivity index (χ2n) is 7.80. The molecule has 0 saturated carbocycles. The van der Waals surface area contributed by atoms with E-state index in [1.54, 1.807) is 23.1 Å². The monoisotopic (exact) mass is 386 g/mol. The van der Waals surface area contributed by atoms with Gasteiger partial charge in [-0.05, 0) is 38.0 Å². The van der Waals surface area contributed by atoms with Crippen molar-refractivity contribution in [2.75, 3.05) is 39.3 Å². The highest BCUT2D eigenvalue weighted by Gasteiger charge is 2.41. The van der Waals surface area contributed by atoms with Gasteiger partial charge in [0.05, 0.1) is 36.6 Å². The zero-order chi connectivity index (χ0) is 19.6. The lowest BCUT2D eigenvalue weighted by Gasteiger charge is -2.47. The number of aryl methyl sites for hydroxylation is 1. The predicted octanol–water partition coefficient (Wildman–Crippen LogP) is 2.34. The highest BCUT2D eigenvalue weighted by Crippen LogP contribution is 2.31. The summed E-state index contributed by atoms with van der Waals surface area (Å²) >= 11 is 0. The topological polar surface area (TPSA) is 50.6 Å². The van der Waals surface area contributed by atoms with E-state index in [9.17, 15) is 9.18 Å². The van der Waals surface area contributed by atoms with E-state index in [1.807, 2.05) is 23.9 Å². The molecule has 2 aliphatic heterocycles. The standard InChI is InChI=1S/C21H27FN4O2/c1-17-6-9-26(23-17)13-12-24-10-7-21(8-11-24)16-25(14-15-28-21)20(27)18-4-2-3-5-19(18)22/h2-6,9H,7-8,10-16H2,1H3. The molecule has 2 saturated heterocycles. The van der Waals surface area contributed by atoms with Gasteiger partial charge < -0.3 is 14.5 Å². The van der Waals surface area contributed by atoms with Crippen molar-refractivity contribution in [1.29, 1.82) is 0 Å². The highest BCUT2D eigenvalue weighted by molar-refractivity contribution is 5.94. The Labute approximate surface area is 164 Å². The molecule has 1 aromatic carbocycles. The molecule has 0 unspecified atom stereocenters. The van der Waals surface area contributed by atoms with Crippen LogP contribution < -0.4 is 0 Å². The Kier molecular flexibility index (Phi) is 5.46. The van der Waals surface area contributed by atoms with Gasteiger partial charge in [0.25, 0.3) is 5.91 Å².